The number of amides is 1. The van der Waals surface area contributed by atoms with Crippen LogP contribution >= 0.6 is 15.9 Å². The summed E-state index contributed by atoms with van der Waals surface area (Å²) in [6.45, 7) is 2.22. The van der Waals surface area contributed by atoms with Crippen molar-refractivity contribution >= 4 is 27.6 Å². The maximum atomic E-state index is 11.5. The molecule has 0 bridgehead atoms. The quantitative estimate of drug-likeness (QED) is 0.730. The summed E-state index contributed by atoms with van der Waals surface area (Å²) in [6, 6.07) is 0. The fraction of sp³-hybridized carbons (Fsp3) is 0.750. The molecule has 0 radical (unpaired) electrons. The Bertz CT molecular complexity index is 223. The Balaban J connectivity index is 2.74. The van der Waals surface area contributed by atoms with Gasteiger partial charge in [0.25, 0.3) is 0 Å². The summed E-state index contributed by atoms with van der Waals surface area (Å²) in [6.07, 6.45) is 0.566. The van der Waals surface area contributed by atoms with Gasteiger partial charge in [0.1, 0.15) is 5.54 Å². The van der Waals surface area contributed by atoms with E-state index in [1.54, 1.807) is 0 Å². The van der Waals surface area contributed by atoms with Crippen LogP contribution in [0.1, 0.15) is 13.3 Å². The highest BCUT2D eigenvalue weighted by molar-refractivity contribution is 9.09. The molecular formula is C8H12BrNO3. The van der Waals surface area contributed by atoms with E-state index in [4.69, 9.17) is 4.74 Å². The van der Waals surface area contributed by atoms with Crippen molar-refractivity contribution in [3.8, 4) is 0 Å². The topological polar surface area (TPSA) is 55.4 Å². The highest BCUT2D eigenvalue weighted by atomic mass is 79.9. The number of rotatable bonds is 3. The molecule has 0 aliphatic carbocycles. The molecule has 1 aliphatic heterocycles. The van der Waals surface area contributed by atoms with Gasteiger partial charge in [0, 0.05) is 20.0 Å². The minimum absolute atomic E-state index is 0.0276. The Hall–Kier alpha value is -0.420. The maximum absolute atomic E-state index is 11.5. The molecule has 0 aromatic rings. The molecule has 0 spiro atoms. The predicted octanol–water partition coefficient (Wildman–Crippen LogP) is 0.246. The number of carbonyl (C=O) groups excluding carboxylic acids is 2. The molecule has 1 atom stereocenters. The number of alkyl halides is 1. The van der Waals surface area contributed by atoms with Crippen LogP contribution < -0.4 is 5.32 Å². The molecule has 5 heteroatoms. The van der Waals surface area contributed by atoms with Gasteiger partial charge in [-0.15, -0.1) is 0 Å². The molecule has 1 fully saturated rings. The zero-order chi connectivity index (χ0) is 9.90. The summed E-state index contributed by atoms with van der Waals surface area (Å²) >= 11 is 3.09. The van der Waals surface area contributed by atoms with Crippen LogP contribution in [0, 0.1) is 0 Å². The van der Waals surface area contributed by atoms with Gasteiger partial charge in [-0.05, 0) is 0 Å². The number of hydrogen-bond acceptors (Lipinski definition) is 3. The van der Waals surface area contributed by atoms with Crippen LogP contribution in [0.3, 0.4) is 0 Å². The second kappa shape index (κ2) is 4.19. The van der Waals surface area contributed by atoms with Gasteiger partial charge < -0.3 is 10.1 Å². The maximum Gasteiger partial charge on any atom is 0.217 e. The van der Waals surface area contributed by atoms with Crippen LogP contribution in [0.5, 0.6) is 0 Å². The standard InChI is InChI=1S/C8H12BrNO3/c1-6(11)10-8(7(12)4-9)2-3-13-5-8/h2-5H2,1H3,(H,10,11). The molecule has 74 valence electrons. The van der Waals surface area contributed by atoms with Gasteiger partial charge in [-0.25, -0.2) is 0 Å². The molecule has 1 N–H and O–H groups in total. The van der Waals surface area contributed by atoms with Crippen LogP contribution in [0.25, 0.3) is 0 Å². The zero-order valence-electron chi connectivity index (χ0n) is 7.43. The van der Waals surface area contributed by atoms with Gasteiger partial charge in [0.05, 0.1) is 11.9 Å². The molecule has 0 saturated carbocycles. The largest absolute Gasteiger partial charge is 0.378 e. The minimum atomic E-state index is -0.782. The molecule has 1 aliphatic rings. The lowest BCUT2D eigenvalue weighted by molar-refractivity contribution is -0.129. The number of hydrogen-bond donors (Lipinski definition) is 1. The summed E-state index contributed by atoms with van der Waals surface area (Å²) in [5.41, 5.74) is -0.782. The summed E-state index contributed by atoms with van der Waals surface area (Å²) in [7, 11) is 0. The third-order valence-electron chi connectivity index (χ3n) is 2.09. The fourth-order valence-corrected chi connectivity index (χ4v) is 1.95. The number of ketones is 1. The third kappa shape index (κ3) is 2.28. The minimum Gasteiger partial charge on any atom is -0.378 e. The SMILES string of the molecule is CC(=O)NC1(C(=O)CBr)CCOC1. The number of carbonyl (C=O) groups is 2. The van der Waals surface area contributed by atoms with Crippen molar-refractivity contribution in [2.45, 2.75) is 18.9 Å². The lowest BCUT2D eigenvalue weighted by Gasteiger charge is -2.25. The second-order valence-electron chi connectivity index (χ2n) is 3.12. The van der Waals surface area contributed by atoms with Crippen molar-refractivity contribution in [1.29, 1.82) is 0 Å². The van der Waals surface area contributed by atoms with E-state index in [9.17, 15) is 9.59 Å². The molecule has 0 aromatic heterocycles. The van der Waals surface area contributed by atoms with Crippen molar-refractivity contribution in [2.24, 2.45) is 0 Å². The van der Waals surface area contributed by atoms with Crippen LogP contribution in [-0.4, -0.2) is 35.8 Å². The molecule has 1 amide bonds. The number of nitrogens with one attached hydrogen (secondary N) is 1. The summed E-state index contributed by atoms with van der Waals surface area (Å²) in [5, 5.41) is 2.91. The summed E-state index contributed by atoms with van der Waals surface area (Å²) in [5.74, 6) is -0.222. The number of halogens is 1. The Morgan fingerprint density at radius 3 is 2.69 bits per heavy atom. The van der Waals surface area contributed by atoms with Crippen LogP contribution in [0.4, 0.5) is 0 Å². The average Bonchev–Trinajstić information content (AvgIpc) is 2.51. The van der Waals surface area contributed by atoms with Gasteiger partial charge >= 0.3 is 0 Å². The van der Waals surface area contributed by atoms with E-state index in [1.807, 2.05) is 0 Å². The first-order valence-corrected chi connectivity index (χ1v) is 5.18. The molecule has 1 saturated heterocycles. The zero-order valence-corrected chi connectivity index (χ0v) is 9.02. The molecule has 13 heavy (non-hydrogen) atoms. The van der Waals surface area contributed by atoms with Crippen molar-refractivity contribution in [1.82, 2.24) is 5.32 Å². The van der Waals surface area contributed by atoms with Gasteiger partial charge in [-0.1, -0.05) is 15.9 Å². The van der Waals surface area contributed by atoms with Gasteiger partial charge in [-0.2, -0.15) is 0 Å². The first-order chi connectivity index (χ1) is 6.10. The number of ether oxygens (including phenoxy) is 1. The first kappa shape index (κ1) is 10.7. The molecule has 1 unspecified atom stereocenters. The predicted molar refractivity (Wildman–Crippen MR) is 50.8 cm³/mol. The van der Waals surface area contributed by atoms with Gasteiger partial charge in [0.2, 0.25) is 5.91 Å². The smallest absolute Gasteiger partial charge is 0.217 e. The highest BCUT2D eigenvalue weighted by Gasteiger charge is 2.41. The van der Waals surface area contributed by atoms with Crippen molar-refractivity contribution in [3.63, 3.8) is 0 Å². The monoisotopic (exact) mass is 249 g/mol. The Morgan fingerprint density at radius 1 is 1.62 bits per heavy atom. The molecule has 4 nitrogen and oxygen atoms in total. The van der Waals surface area contributed by atoms with E-state index in [2.05, 4.69) is 21.2 Å². The van der Waals surface area contributed by atoms with Crippen LogP contribution in [-0.2, 0) is 14.3 Å². The lowest BCUT2D eigenvalue weighted by Crippen LogP contribution is -2.55. The van der Waals surface area contributed by atoms with E-state index in [1.165, 1.54) is 6.92 Å². The molecule has 0 aromatic carbocycles. The molecule has 1 heterocycles. The van der Waals surface area contributed by atoms with Crippen LogP contribution in [0.2, 0.25) is 0 Å². The van der Waals surface area contributed by atoms with Crippen molar-refractivity contribution in [2.75, 3.05) is 18.5 Å². The van der Waals surface area contributed by atoms with E-state index >= 15 is 0 Å². The fourth-order valence-electron chi connectivity index (χ4n) is 1.42. The normalized spacial score (nSPS) is 27.2. The Labute approximate surface area is 85.1 Å². The first-order valence-electron chi connectivity index (χ1n) is 4.06. The van der Waals surface area contributed by atoms with Crippen LogP contribution in [0.15, 0.2) is 0 Å². The summed E-state index contributed by atoms with van der Waals surface area (Å²) < 4.78 is 5.13. The van der Waals surface area contributed by atoms with E-state index in [0.717, 1.165) is 0 Å². The molecule has 1 rings (SSSR count). The number of Topliss-reactive ketones (excluding diaryl/α,β-unsaturated/α-hetero) is 1. The highest BCUT2D eigenvalue weighted by Crippen LogP contribution is 2.20. The van der Waals surface area contributed by atoms with Crippen molar-refractivity contribution in [3.05, 3.63) is 0 Å². The lowest BCUT2D eigenvalue weighted by atomic mass is 9.94. The van der Waals surface area contributed by atoms with Crippen molar-refractivity contribution < 1.29 is 14.3 Å². The molecular weight excluding hydrogens is 238 g/mol. The van der Waals surface area contributed by atoms with Gasteiger partial charge in [0.15, 0.2) is 5.78 Å². The van der Waals surface area contributed by atoms with E-state index < -0.39 is 5.54 Å². The Morgan fingerprint density at radius 2 is 2.31 bits per heavy atom. The summed E-state index contributed by atoms with van der Waals surface area (Å²) in [4.78, 5) is 22.4. The second-order valence-corrected chi connectivity index (χ2v) is 3.68. The average molecular weight is 250 g/mol. The third-order valence-corrected chi connectivity index (χ3v) is 2.60. The van der Waals surface area contributed by atoms with E-state index in [-0.39, 0.29) is 23.6 Å². The van der Waals surface area contributed by atoms with E-state index in [0.29, 0.717) is 13.0 Å². The van der Waals surface area contributed by atoms with Gasteiger partial charge in [-0.3, -0.25) is 9.59 Å². The Kier molecular flexibility index (Phi) is 3.44.